The normalized spacial score (nSPS) is 9.84. The summed E-state index contributed by atoms with van der Waals surface area (Å²) in [5.74, 6) is 5.88. The molecule has 0 spiro atoms. The van der Waals surface area contributed by atoms with Crippen LogP contribution in [-0.2, 0) is 0 Å². The van der Waals surface area contributed by atoms with E-state index in [2.05, 4.69) is 18.8 Å². The van der Waals surface area contributed by atoms with Gasteiger partial charge in [-0.2, -0.15) is 0 Å². The Morgan fingerprint density at radius 2 is 2.21 bits per heavy atom. The number of aliphatic hydroxyl groups is 1. The number of rotatable bonds is 6. The van der Waals surface area contributed by atoms with Gasteiger partial charge in [-0.15, -0.1) is 11.3 Å². The van der Waals surface area contributed by atoms with Crippen LogP contribution in [0, 0.1) is 11.8 Å². The molecule has 4 heteroatoms. The van der Waals surface area contributed by atoms with Crippen molar-refractivity contribution in [1.82, 2.24) is 4.90 Å². The fourth-order valence-corrected chi connectivity index (χ4v) is 2.49. The molecule has 0 saturated carbocycles. The zero-order valence-corrected chi connectivity index (χ0v) is 12.4. The molecule has 1 N–H and O–H groups in total. The van der Waals surface area contributed by atoms with Crippen molar-refractivity contribution in [3.05, 3.63) is 21.9 Å². The first-order valence-electron chi connectivity index (χ1n) is 6.64. The van der Waals surface area contributed by atoms with Gasteiger partial charge in [-0.05, 0) is 18.6 Å². The largest absolute Gasteiger partial charge is 0.395 e. The molecule has 1 amide bonds. The quantitative estimate of drug-likeness (QED) is 0.642. The van der Waals surface area contributed by atoms with Gasteiger partial charge in [0.05, 0.1) is 16.4 Å². The van der Waals surface area contributed by atoms with Crippen molar-refractivity contribution in [2.45, 2.75) is 32.6 Å². The fraction of sp³-hybridized carbons (Fsp3) is 0.533. The van der Waals surface area contributed by atoms with E-state index in [0.717, 1.165) is 35.6 Å². The average molecular weight is 279 g/mol. The number of aliphatic hydroxyl groups excluding tert-OH is 1. The topological polar surface area (TPSA) is 40.5 Å². The molecule has 1 rings (SSSR count). The average Bonchev–Trinajstić information content (AvgIpc) is 2.87. The molecule has 0 atom stereocenters. The molecule has 1 aromatic heterocycles. The molecule has 19 heavy (non-hydrogen) atoms. The van der Waals surface area contributed by atoms with Gasteiger partial charge in [0.15, 0.2) is 0 Å². The van der Waals surface area contributed by atoms with E-state index in [0.29, 0.717) is 6.42 Å². The summed E-state index contributed by atoms with van der Waals surface area (Å²) in [4.78, 5) is 15.5. The van der Waals surface area contributed by atoms with Gasteiger partial charge in [-0.3, -0.25) is 4.79 Å². The second kappa shape index (κ2) is 8.73. The maximum absolute atomic E-state index is 12.1. The van der Waals surface area contributed by atoms with Gasteiger partial charge in [0, 0.05) is 20.0 Å². The Bertz CT molecular complexity index is 456. The Labute approximate surface area is 119 Å². The monoisotopic (exact) mass is 279 g/mol. The molecule has 0 bridgehead atoms. The van der Waals surface area contributed by atoms with Crippen LogP contribution in [-0.4, -0.2) is 36.1 Å². The number of carbonyl (C=O) groups is 1. The summed E-state index contributed by atoms with van der Waals surface area (Å²) in [6.07, 6.45) is 3.83. The number of thiophene rings is 1. The summed E-state index contributed by atoms with van der Waals surface area (Å²) in [5, 5.41) is 8.65. The Kier molecular flexibility index (Phi) is 7.24. The van der Waals surface area contributed by atoms with E-state index >= 15 is 0 Å². The highest BCUT2D eigenvalue weighted by molar-refractivity contribution is 7.14. The van der Waals surface area contributed by atoms with Crippen LogP contribution in [0.25, 0.3) is 0 Å². The molecule has 0 fully saturated rings. The first kappa shape index (κ1) is 15.7. The second-order valence-corrected chi connectivity index (χ2v) is 5.46. The number of nitrogens with zero attached hydrogens (tertiary/aromatic N) is 1. The lowest BCUT2D eigenvalue weighted by Crippen LogP contribution is -2.26. The molecule has 0 aliphatic heterocycles. The van der Waals surface area contributed by atoms with Crippen LogP contribution >= 0.6 is 11.3 Å². The van der Waals surface area contributed by atoms with E-state index in [4.69, 9.17) is 5.11 Å². The minimum atomic E-state index is 0.0660. The zero-order valence-electron chi connectivity index (χ0n) is 11.6. The van der Waals surface area contributed by atoms with Gasteiger partial charge in [0.1, 0.15) is 0 Å². The lowest BCUT2D eigenvalue weighted by molar-refractivity contribution is 0.0797. The summed E-state index contributed by atoms with van der Waals surface area (Å²) in [6.45, 7) is 3.03. The Morgan fingerprint density at radius 1 is 1.42 bits per heavy atom. The Balaban J connectivity index is 2.55. The van der Waals surface area contributed by atoms with Gasteiger partial charge >= 0.3 is 0 Å². The third-order valence-corrected chi connectivity index (χ3v) is 3.70. The lowest BCUT2D eigenvalue weighted by Gasteiger charge is -2.15. The van der Waals surface area contributed by atoms with E-state index in [-0.39, 0.29) is 12.5 Å². The van der Waals surface area contributed by atoms with E-state index in [1.165, 1.54) is 11.3 Å². The predicted molar refractivity (Wildman–Crippen MR) is 79.4 cm³/mol. The molecule has 0 saturated heterocycles. The third-order valence-electron chi connectivity index (χ3n) is 2.71. The van der Waals surface area contributed by atoms with Crippen LogP contribution in [0.5, 0.6) is 0 Å². The van der Waals surface area contributed by atoms with Crippen molar-refractivity contribution in [3.63, 3.8) is 0 Å². The minimum absolute atomic E-state index is 0.0660. The zero-order chi connectivity index (χ0) is 14.1. The number of hydrogen-bond donors (Lipinski definition) is 1. The molecular weight excluding hydrogens is 258 g/mol. The highest BCUT2D eigenvalue weighted by atomic mass is 32.1. The van der Waals surface area contributed by atoms with Crippen molar-refractivity contribution in [1.29, 1.82) is 0 Å². The summed E-state index contributed by atoms with van der Waals surface area (Å²) in [7, 11) is 1.84. The van der Waals surface area contributed by atoms with E-state index in [9.17, 15) is 4.79 Å². The van der Waals surface area contributed by atoms with Crippen LogP contribution < -0.4 is 0 Å². The van der Waals surface area contributed by atoms with Crippen molar-refractivity contribution < 1.29 is 9.90 Å². The molecule has 0 aromatic carbocycles. The maximum Gasteiger partial charge on any atom is 0.263 e. The van der Waals surface area contributed by atoms with Crippen LogP contribution in [0.1, 0.15) is 47.2 Å². The molecule has 1 aromatic rings. The number of unbranched alkanes of at least 4 members (excludes halogenated alkanes) is 2. The molecule has 0 aliphatic rings. The van der Waals surface area contributed by atoms with Gasteiger partial charge in [-0.25, -0.2) is 0 Å². The van der Waals surface area contributed by atoms with Crippen molar-refractivity contribution >= 4 is 17.2 Å². The molecule has 0 unspecified atom stereocenters. The third kappa shape index (κ3) is 5.46. The Morgan fingerprint density at radius 3 is 2.89 bits per heavy atom. The second-order valence-electron chi connectivity index (χ2n) is 4.37. The summed E-state index contributed by atoms with van der Waals surface area (Å²) in [6, 6.07) is 3.69. The van der Waals surface area contributed by atoms with Crippen LogP contribution in [0.2, 0.25) is 0 Å². The SMILES string of the molecule is CCCCCN(C)C(=O)c1ccc(C#CCCO)s1. The number of amides is 1. The van der Waals surface area contributed by atoms with Gasteiger partial charge in [0.25, 0.3) is 5.91 Å². The van der Waals surface area contributed by atoms with Crippen LogP contribution in [0.15, 0.2) is 12.1 Å². The highest BCUT2D eigenvalue weighted by Crippen LogP contribution is 2.17. The smallest absolute Gasteiger partial charge is 0.263 e. The molecule has 0 aliphatic carbocycles. The molecule has 1 heterocycles. The Hall–Kier alpha value is -1.31. The van der Waals surface area contributed by atoms with Gasteiger partial charge in [0.2, 0.25) is 0 Å². The molecule has 3 nitrogen and oxygen atoms in total. The summed E-state index contributed by atoms with van der Waals surface area (Å²) in [5.41, 5.74) is 0. The van der Waals surface area contributed by atoms with Crippen molar-refractivity contribution in [2.24, 2.45) is 0 Å². The van der Waals surface area contributed by atoms with E-state index in [1.54, 1.807) is 4.90 Å². The number of hydrogen-bond acceptors (Lipinski definition) is 3. The van der Waals surface area contributed by atoms with Gasteiger partial charge in [-0.1, -0.05) is 31.6 Å². The first-order chi connectivity index (χ1) is 9.19. The summed E-state index contributed by atoms with van der Waals surface area (Å²) < 4.78 is 0. The van der Waals surface area contributed by atoms with Crippen LogP contribution in [0.3, 0.4) is 0 Å². The maximum atomic E-state index is 12.1. The van der Waals surface area contributed by atoms with E-state index in [1.807, 2.05) is 19.2 Å². The minimum Gasteiger partial charge on any atom is -0.395 e. The van der Waals surface area contributed by atoms with Crippen LogP contribution in [0.4, 0.5) is 0 Å². The highest BCUT2D eigenvalue weighted by Gasteiger charge is 2.13. The standard InChI is InChI=1S/C15H21NO2S/c1-3-4-6-11-16(2)15(18)14-10-9-13(19-14)8-5-7-12-17/h9-10,17H,3-4,6-7,11-12H2,1-2H3. The van der Waals surface area contributed by atoms with E-state index < -0.39 is 0 Å². The lowest BCUT2D eigenvalue weighted by atomic mass is 10.2. The number of carbonyl (C=O) groups excluding carboxylic acids is 1. The first-order valence-corrected chi connectivity index (χ1v) is 7.45. The summed E-state index contributed by atoms with van der Waals surface area (Å²) >= 11 is 1.41. The molecule has 104 valence electrons. The van der Waals surface area contributed by atoms with Gasteiger partial charge < -0.3 is 10.0 Å². The fourth-order valence-electron chi connectivity index (χ4n) is 1.61. The molecule has 0 radical (unpaired) electrons. The molecular formula is C15H21NO2S. The van der Waals surface area contributed by atoms with Crippen molar-refractivity contribution in [2.75, 3.05) is 20.2 Å². The van der Waals surface area contributed by atoms with Crippen molar-refractivity contribution in [3.8, 4) is 11.8 Å². The predicted octanol–water partition coefficient (Wildman–Crippen LogP) is 2.74.